The Kier molecular flexibility index (Phi) is 1.44. The zero-order valence-electron chi connectivity index (χ0n) is 5.83. The Morgan fingerprint density at radius 3 is 2.60 bits per heavy atom. The first-order valence-corrected chi connectivity index (χ1v) is 3.88. The molecule has 0 aromatic rings. The molecule has 10 heavy (non-hydrogen) atoms. The Morgan fingerprint density at radius 2 is 2.00 bits per heavy atom. The average molecular weight is 143 g/mol. The van der Waals surface area contributed by atoms with Crippen molar-refractivity contribution in [2.24, 2.45) is 5.92 Å². The molecular weight excluding hydrogens is 130 g/mol. The quantitative estimate of drug-likeness (QED) is 0.411. The van der Waals surface area contributed by atoms with Gasteiger partial charge in [-0.1, -0.05) is 0 Å². The van der Waals surface area contributed by atoms with E-state index in [1.165, 1.54) is 0 Å². The van der Waals surface area contributed by atoms with Crippen LogP contribution < -0.4 is 5.32 Å². The monoisotopic (exact) mass is 143 g/mol. The summed E-state index contributed by atoms with van der Waals surface area (Å²) in [5.41, 5.74) is 0. The summed E-state index contributed by atoms with van der Waals surface area (Å²) >= 11 is 0. The van der Waals surface area contributed by atoms with Gasteiger partial charge in [0, 0.05) is 6.04 Å². The third-order valence-electron chi connectivity index (χ3n) is 2.72. The normalized spacial score (nSPS) is 53.4. The number of hydrogen-bond acceptors (Lipinski definition) is 3. The Bertz CT molecular complexity index is 122. The number of hydrogen-bond donors (Lipinski definition) is 3. The summed E-state index contributed by atoms with van der Waals surface area (Å²) in [5, 5.41) is 21.9. The minimum atomic E-state index is -0.521. The van der Waals surface area contributed by atoms with Gasteiger partial charge in [-0.15, -0.1) is 0 Å². The number of nitrogens with one attached hydrogen (secondary N) is 1. The molecule has 2 aliphatic rings. The molecule has 1 heterocycles. The SMILES string of the molecule is O[C@H]1[C@@H]2CCN[C@@H](C2)[C@H]1O. The summed E-state index contributed by atoms with van der Waals surface area (Å²) in [6, 6.07) is 0.161. The Labute approximate surface area is 60.1 Å². The standard InChI is InChI=1S/C7H13NO2/c9-6-4-1-2-8-5(3-4)7(6)10/h4-10H,1-3H2/t4-,5+,6+,7-/m1/s1. The maximum Gasteiger partial charge on any atom is 0.0954 e. The molecule has 1 saturated carbocycles. The Balaban J connectivity index is 2.13. The fourth-order valence-corrected chi connectivity index (χ4v) is 2.07. The zero-order valence-corrected chi connectivity index (χ0v) is 5.83. The van der Waals surface area contributed by atoms with E-state index in [9.17, 15) is 10.2 Å². The van der Waals surface area contributed by atoms with Crippen molar-refractivity contribution in [3.8, 4) is 0 Å². The molecule has 2 fully saturated rings. The lowest BCUT2D eigenvalue weighted by Gasteiger charge is -2.19. The van der Waals surface area contributed by atoms with Gasteiger partial charge in [0.05, 0.1) is 12.2 Å². The minimum absolute atomic E-state index is 0.161. The first-order valence-electron chi connectivity index (χ1n) is 3.88. The molecule has 1 aliphatic heterocycles. The van der Waals surface area contributed by atoms with Crippen LogP contribution in [0.1, 0.15) is 12.8 Å². The van der Waals surface area contributed by atoms with Gasteiger partial charge < -0.3 is 15.5 Å². The molecule has 0 unspecified atom stereocenters. The molecule has 0 amide bonds. The Hall–Kier alpha value is -0.120. The molecular formula is C7H13NO2. The summed E-state index contributed by atoms with van der Waals surface area (Å²) in [7, 11) is 0. The van der Waals surface area contributed by atoms with Gasteiger partial charge in [0.1, 0.15) is 0 Å². The largest absolute Gasteiger partial charge is 0.390 e. The molecule has 3 N–H and O–H groups in total. The summed E-state index contributed by atoms with van der Waals surface area (Å²) in [5.74, 6) is 0.348. The van der Waals surface area contributed by atoms with Gasteiger partial charge in [0.15, 0.2) is 0 Å². The number of aliphatic hydroxyl groups excluding tert-OH is 2. The van der Waals surface area contributed by atoms with Crippen LogP contribution in [0.3, 0.4) is 0 Å². The van der Waals surface area contributed by atoms with E-state index >= 15 is 0 Å². The highest BCUT2D eigenvalue weighted by atomic mass is 16.3. The molecule has 3 heteroatoms. The number of aliphatic hydroxyl groups is 2. The third-order valence-corrected chi connectivity index (χ3v) is 2.72. The highest BCUT2D eigenvalue weighted by molar-refractivity contribution is 4.98. The van der Waals surface area contributed by atoms with Crippen molar-refractivity contribution < 1.29 is 10.2 Å². The minimum Gasteiger partial charge on any atom is -0.390 e. The van der Waals surface area contributed by atoms with Crippen LogP contribution in [0.5, 0.6) is 0 Å². The van der Waals surface area contributed by atoms with E-state index < -0.39 is 12.2 Å². The maximum absolute atomic E-state index is 9.38. The second kappa shape index (κ2) is 2.19. The molecule has 1 saturated heterocycles. The van der Waals surface area contributed by atoms with E-state index in [0.29, 0.717) is 5.92 Å². The molecule has 2 bridgehead atoms. The van der Waals surface area contributed by atoms with E-state index in [4.69, 9.17) is 0 Å². The number of rotatable bonds is 0. The lowest BCUT2D eigenvalue weighted by molar-refractivity contribution is 0.0183. The van der Waals surface area contributed by atoms with Crippen LogP contribution in [0.25, 0.3) is 0 Å². The van der Waals surface area contributed by atoms with Gasteiger partial charge in [-0.05, 0) is 25.3 Å². The molecule has 2 rings (SSSR count). The van der Waals surface area contributed by atoms with Crippen LogP contribution in [0.2, 0.25) is 0 Å². The second-order valence-corrected chi connectivity index (χ2v) is 3.33. The smallest absolute Gasteiger partial charge is 0.0954 e. The molecule has 0 aromatic heterocycles. The van der Waals surface area contributed by atoms with Crippen LogP contribution in [-0.2, 0) is 0 Å². The predicted molar refractivity (Wildman–Crippen MR) is 36.5 cm³/mol. The van der Waals surface area contributed by atoms with Crippen LogP contribution in [0.4, 0.5) is 0 Å². The lowest BCUT2D eigenvalue weighted by atomic mass is 9.99. The van der Waals surface area contributed by atoms with Crippen LogP contribution >= 0.6 is 0 Å². The van der Waals surface area contributed by atoms with Gasteiger partial charge >= 0.3 is 0 Å². The molecule has 58 valence electrons. The van der Waals surface area contributed by atoms with Crippen molar-refractivity contribution in [3.05, 3.63) is 0 Å². The van der Waals surface area contributed by atoms with Gasteiger partial charge in [-0.25, -0.2) is 0 Å². The van der Waals surface area contributed by atoms with E-state index in [0.717, 1.165) is 19.4 Å². The van der Waals surface area contributed by atoms with E-state index in [1.807, 2.05) is 0 Å². The topological polar surface area (TPSA) is 52.5 Å². The Morgan fingerprint density at radius 1 is 1.20 bits per heavy atom. The van der Waals surface area contributed by atoms with E-state index in [2.05, 4.69) is 5.32 Å². The van der Waals surface area contributed by atoms with Gasteiger partial charge in [0.2, 0.25) is 0 Å². The van der Waals surface area contributed by atoms with Crippen LogP contribution in [0, 0.1) is 5.92 Å². The van der Waals surface area contributed by atoms with Gasteiger partial charge in [-0.2, -0.15) is 0 Å². The third kappa shape index (κ3) is 0.779. The number of piperidine rings is 1. The van der Waals surface area contributed by atoms with E-state index in [1.54, 1.807) is 0 Å². The summed E-state index contributed by atoms with van der Waals surface area (Å²) in [4.78, 5) is 0. The van der Waals surface area contributed by atoms with Crippen molar-refractivity contribution in [1.82, 2.24) is 5.32 Å². The van der Waals surface area contributed by atoms with Crippen molar-refractivity contribution in [3.63, 3.8) is 0 Å². The average Bonchev–Trinajstić information content (AvgIpc) is 2.17. The van der Waals surface area contributed by atoms with Gasteiger partial charge in [-0.3, -0.25) is 0 Å². The molecule has 4 atom stereocenters. The highest BCUT2D eigenvalue weighted by Crippen LogP contribution is 2.31. The maximum atomic E-state index is 9.38. The molecule has 1 aliphatic carbocycles. The zero-order chi connectivity index (χ0) is 7.14. The van der Waals surface area contributed by atoms with Crippen molar-refractivity contribution >= 4 is 0 Å². The summed E-state index contributed by atoms with van der Waals surface area (Å²) in [6.45, 7) is 0.948. The second-order valence-electron chi connectivity index (χ2n) is 3.33. The molecule has 0 spiro atoms. The molecule has 3 nitrogen and oxygen atoms in total. The highest BCUT2D eigenvalue weighted by Gasteiger charge is 2.43. The van der Waals surface area contributed by atoms with E-state index in [-0.39, 0.29) is 6.04 Å². The van der Waals surface area contributed by atoms with Crippen LogP contribution in [0.15, 0.2) is 0 Å². The first-order chi connectivity index (χ1) is 4.79. The van der Waals surface area contributed by atoms with Gasteiger partial charge in [0.25, 0.3) is 0 Å². The van der Waals surface area contributed by atoms with Crippen molar-refractivity contribution in [1.29, 1.82) is 0 Å². The fraction of sp³-hybridized carbons (Fsp3) is 1.00. The summed E-state index contributed by atoms with van der Waals surface area (Å²) < 4.78 is 0. The lowest BCUT2D eigenvalue weighted by Crippen LogP contribution is -2.39. The molecule has 0 radical (unpaired) electrons. The predicted octanol–water partition coefficient (Wildman–Crippen LogP) is -0.910. The van der Waals surface area contributed by atoms with Crippen molar-refractivity contribution in [2.45, 2.75) is 31.1 Å². The fourth-order valence-electron chi connectivity index (χ4n) is 2.07. The number of fused-ring (bicyclic) bond motifs is 2. The van der Waals surface area contributed by atoms with Crippen molar-refractivity contribution in [2.75, 3.05) is 6.54 Å². The summed E-state index contributed by atoms with van der Waals surface area (Å²) in [6.07, 6.45) is 0.962. The first kappa shape index (κ1) is 6.58. The molecule has 0 aromatic carbocycles. The van der Waals surface area contributed by atoms with Crippen LogP contribution in [-0.4, -0.2) is 35.0 Å².